The zero-order valence-corrected chi connectivity index (χ0v) is 17.7. The molecular formula is C24H27N3O3. The minimum absolute atomic E-state index is 0.0111. The molecule has 0 atom stereocenters. The van der Waals surface area contributed by atoms with Gasteiger partial charge in [-0.15, -0.1) is 0 Å². The molecule has 2 aromatic carbocycles. The highest BCUT2D eigenvalue weighted by Crippen LogP contribution is 2.35. The monoisotopic (exact) mass is 405 g/mol. The Labute approximate surface area is 177 Å². The maximum Gasteiger partial charge on any atom is 0.257 e. The molecule has 1 saturated heterocycles. The van der Waals surface area contributed by atoms with Crippen LogP contribution in [0, 0.1) is 5.92 Å². The van der Waals surface area contributed by atoms with E-state index in [1.165, 1.54) is 0 Å². The van der Waals surface area contributed by atoms with E-state index in [1.54, 1.807) is 18.9 Å². The first-order chi connectivity index (χ1) is 14.6. The zero-order valence-electron chi connectivity index (χ0n) is 17.7. The average Bonchev–Trinajstić information content (AvgIpc) is 3.24. The van der Waals surface area contributed by atoms with E-state index in [0.717, 1.165) is 37.2 Å². The Balaban J connectivity index is 1.80. The number of para-hydroxylation sites is 1. The quantitative estimate of drug-likeness (QED) is 0.630. The van der Waals surface area contributed by atoms with E-state index < -0.39 is 0 Å². The van der Waals surface area contributed by atoms with Gasteiger partial charge in [0.25, 0.3) is 5.91 Å². The number of aromatic nitrogens is 2. The number of hydrogen-bond acceptors (Lipinski definition) is 4. The van der Waals surface area contributed by atoms with Crippen molar-refractivity contribution >= 4 is 5.91 Å². The molecule has 0 radical (unpaired) electrons. The number of carbonyl (C=O) groups excluding carboxylic acids is 1. The number of piperidine rings is 1. The fourth-order valence-corrected chi connectivity index (χ4v) is 3.82. The minimum atomic E-state index is 0.0111. The molecule has 3 aromatic rings. The lowest BCUT2D eigenvalue weighted by molar-refractivity contribution is 0.0698. The largest absolute Gasteiger partial charge is 0.497 e. The van der Waals surface area contributed by atoms with Crippen LogP contribution in [-0.2, 0) is 0 Å². The Bertz CT molecular complexity index is 1020. The first-order valence-electron chi connectivity index (χ1n) is 10.3. The summed E-state index contributed by atoms with van der Waals surface area (Å²) in [5, 5.41) is 4.79. The van der Waals surface area contributed by atoms with Crippen LogP contribution in [0.5, 0.6) is 11.5 Å². The molecule has 0 N–H and O–H groups in total. The lowest BCUT2D eigenvalue weighted by Crippen LogP contribution is -2.38. The van der Waals surface area contributed by atoms with E-state index in [2.05, 4.69) is 6.92 Å². The Morgan fingerprint density at radius 2 is 1.77 bits per heavy atom. The average molecular weight is 405 g/mol. The maximum absolute atomic E-state index is 13.5. The number of nitrogens with zero attached hydrogens (tertiary/aromatic N) is 3. The smallest absolute Gasteiger partial charge is 0.257 e. The Morgan fingerprint density at radius 1 is 1.03 bits per heavy atom. The molecule has 0 spiro atoms. The highest BCUT2D eigenvalue weighted by atomic mass is 16.5. The summed E-state index contributed by atoms with van der Waals surface area (Å²) in [6.07, 6.45) is 3.88. The molecule has 1 aromatic heterocycles. The van der Waals surface area contributed by atoms with Gasteiger partial charge in [-0.1, -0.05) is 25.1 Å². The van der Waals surface area contributed by atoms with Crippen LogP contribution >= 0.6 is 0 Å². The van der Waals surface area contributed by atoms with Crippen molar-refractivity contribution in [2.45, 2.75) is 19.8 Å². The SMILES string of the molecule is COc1ccc(-c2nn(-c3ccccc3)cc2C(=O)N2CCC(C)CC2)c(OC)c1. The van der Waals surface area contributed by atoms with Crippen LogP contribution in [0.1, 0.15) is 30.1 Å². The van der Waals surface area contributed by atoms with Crippen molar-refractivity contribution in [3.63, 3.8) is 0 Å². The van der Waals surface area contributed by atoms with Crippen LogP contribution < -0.4 is 9.47 Å². The van der Waals surface area contributed by atoms with E-state index in [4.69, 9.17) is 14.6 Å². The van der Waals surface area contributed by atoms with Gasteiger partial charge in [-0.2, -0.15) is 5.10 Å². The van der Waals surface area contributed by atoms with Gasteiger partial charge in [-0.3, -0.25) is 4.79 Å². The molecule has 156 valence electrons. The van der Waals surface area contributed by atoms with Gasteiger partial charge in [0.1, 0.15) is 17.2 Å². The summed E-state index contributed by atoms with van der Waals surface area (Å²) in [4.78, 5) is 15.4. The molecule has 0 aliphatic carbocycles. The summed E-state index contributed by atoms with van der Waals surface area (Å²) in [5.74, 6) is 1.98. The number of hydrogen-bond donors (Lipinski definition) is 0. The zero-order chi connectivity index (χ0) is 21.1. The second kappa shape index (κ2) is 8.61. The van der Waals surface area contributed by atoms with Crippen molar-refractivity contribution in [1.29, 1.82) is 0 Å². The van der Waals surface area contributed by atoms with Gasteiger partial charge >= 0.3 is 0 Å². The van der Waals surface area contributed by atoms with Crippen LogP contribution in [0.2, 0.25) is 0 Å². The number of ether oxygens (including phenoxy) is 2. The second-order valence-corrected chi connectivity index (χ2v) is 7.71. The lowest BCUT2D eigenvalue weighted by Gasteiger charge is -2.30. The van der Waals surface area contributed by atoms with Crippen LogP contribution in [0.3, 0.4) is 0 Å². The Morgan fingerprint density at radius 3 is 2.43 bits per heavy atom. The number of methoxy groups -OCH3 is 2. The fourth-order valence-electron chi connectivity index (χ4n) is 3.82. The Hall–Kier alpha value is -3.28. The van der Waals surface area contributed by atoms with E-state index in [-0.39, 0.29) is 5.91 Å². The summed E-state index contributed by atoms with van der Waals surface area (Å²) in [6.45, 7) is 3.79. The molecule has 4 rings (SSSR count). The van der Waals surface area contributed by atoms with Gasteiger partial charge < -0.3 is 14.4 Å². The van der Waals surface area contributed by atoms with Crippen molar-refractivity contribution < 1.29 is 14.3 Å². The van der Waals surface area contributed by atoms with Gasteiger partial charge in [0, 0.05) is 30.9 Å². The van der Waals surface area contributed by atoms with E-state index >= 15 is 0 Å². The van der Waals surface area contributed by atoms with Gasteiger partial charge in [0.15, 0.2) is 0 Å². The van der Waals surface area contributed by atoms with E-state index in [9.17, 15) is 4.79 Å². The number of likely N-dealkylation sites (tertiary alicyclic amines) is 1. The van der Waals surface area contributed by atoms with Gasteiger partial charge in [-0.25, -0.2) is 4.68 Å². The third-order valence-electron chi connectivity index (χ3n) is 5.70. The third kappa shape index (κ3) is 3.90. The molecule has 0 saturated carbocycles. The first kappa shape index (κ1) is 20.0. The van der Waals surface area contributed by atoms with Crippen LogP contribution in [0.25, 0.3) is 16.9 Å². The molecule has 1 amide bonds. The molecule has 0 bridgehead atoms. The molecular weight excluding hydrogens is 378 g/mol. The molecule has 1 aliphatic heterocycles. The fraction of sp³-hybridized carbons (Fsp3) is 0.333. The topological polar surface area (TPSA) is 56.6 Å². The second-order valence-electron chi connectivity index (χ2n) is 7.71. The summed E-state index contributed by atoms with van der Waals surface area (Å²) >= 11 is 0. The summed E-state index contributed by atoms with van der Waals surface area (Å²) in [5.41, 5.74) is 2.86. The highest BCUT2D eigenvalue weighted by Gasteiger charge is 2.27. The van der Waals surface area contributed by atoms with Crippen molar-refractivity contribution in [2.75, 3.05) is 27.3 Å². The Kier molecular flexibility index (Phi) is 5.74. The number of rotatable bonds is 5. The number of carbonyl (C=O) groups is 1. The lowest BCUT2D eigenvalue weighted by atomic mass is 9.98. The van der Waals surface area contributed by atoms with Gasteiger partial charge in [-0.05, 0) is 43.0 Å². The van der Waals surface area contributed by atoms with Crippen LogP contribution in [0.4, 0.5) is 0 Å². The third-order valence-corrected chi connectivity index (χ3v) is 5.70. The normalized spacial score (nSPS) is 14.6. The summed E-state index contributed by atoms with van der Waals surface area (Å²) in [6, 6.07) is 15.4. The predicted octanol–water partition coefficient (Wildman–Crippen LogP) is 4.43. The number of benzene rings is 2. The maximum atomic E-state index is 13.5. The standard InChI is InChI=1S/C24H27N3O3/c1-17-11-13-26(14-12-17)24(28)21-16-27(18-7-5-4-6-8-18)25-23(21)20-10-9-19(29-2)15-22(20)30-3/h4-10,15-17H,11-14H2,1-3H3. The molecule has 30 heavy (non-hydrogen) atoms. The highest BCUT2D eigenvalue weighted by molar-refractivity contribution is 6.00. The molecule has 1 fully saturated rings. The predicted molar refractivity (Wildman–Crippen MR) is 116 cm³/mol. The first-order valence-corrected chi connectivity index (χ1v) is 10.3. The van der Waals surface area contributed by atoms with E-state index in [0.29, 0.717) is 28.7 Å². The van der Waals surface area contributed by atoms with Crippen molar-refractivity contribution in [2.24, 2.45) is 5.92 Å². The van der Waals surface area contributed by atoms with Crippen molar-refractivity contribution in [1.82, 2.24) is 14.7 Å². The molecule has 6 heteroatoms. The van der Waals surface area contributed by atoms with Crippen molar-refractivity contribution in [3.05, 3.63) is 60.3 Å². The van der Waals surface area contributed by atoms with E-state index in [1.807, 2.05) is 59.6 Å². The van der Waals surface area contributed by atoms with Crippen molar-refractivity contribution in [3.8, 4) is 28.4 Å². The van der Waals surface area contributed by atoms with Crippen LogP contribution in [0.15, 0.2) is 54.7 Å². The van der Waals surface area contributed by atoms with Gasteiger partial charge in [0.2, 0.25) is 0 Å². The summed E-state index contributed by atoms with van der Waals surface area (Å²) < 4.78 is 12.7. The molecule has 6 nitrogen and oxygen atoms in total. The van der Waals surface area contributed by atoms with Gasteiger partial charge in [0.05, 0.1) is 25.5 Å². The number of amides is 1. The molecule has 2 heterocycles. The molecule has 1 aliphatic rings. The molecule has 0 unspecified atom stereocenters. The summed E-state index contributed by atoms with van der Waals surface area (Å²) in [7, 11) is 3.23. The minimum Gasteiger partial charge on any atom is -0.497 e. The van der Waals surface area contributed by atoms with Crippen LogP contribution in [-0.4, -0.2) is 47.9 Å².